The second-order valence-electron chi connectivity index (χ2n) is 5.14. The lowest BCUT2D eigenvalue weighted by molar-refractivity contribution is -0.0737. The van der Waals surface area contributed by atoms with Crippen LogP contribution in [0.15, 0.2) is 0 Å². The van der Waals surface area contributed by atoms with Crippen molar-refractivity contribution < 1.29 is 23.3 Å². The van der Waals surface area contributed by atoms with E-state index in [-0.39, 0.29) is 24.4 Å². The smallest absolute Gasteiger partial charge is 0.238 e. The summed E-state index contributed by atoms with van der Waals surface area (Å²) in [7, 11) is 6.56. The normalized spacial score (nSPS) is 30.9. The summed E-state index contributed by atoms with van der Waals surface area (Å²) >= 11 is 0. The molecule has 2 radical (unpaired) electrons. The first kappa shape index (κ1) is 19.8. The minimum absolute atomic E-state index is 0.0996. The zero-order chi connectivity index (χ0) is 16.5. The van der Waals surface area contributed by atoms with Crippen LogP contribution in [0.2, 0.25) is 0 Å². The molecule has 0 aliphatic carbocycles. The van der Waals surface area contributed by atoms with E-state index in [1.165, 1.54) is 0 Å². The summed E-state index contributed by atoms with van der Waals surface area (Å²) in [5, 5.41) is 0. The lowest BCUT2D eigenvalue weighted by Gasteiger charge is -2.28. The number of hydrogen-bond donors (Lipinski definition) is 0. The van der Waals surface area contributed by atoms with Crippen molar-refractivity contribution in [2.24, 2.45) is 0 Å². The van der Waals surface area contributed by atoms with Crippen LogP contribution in [-0.2, 0) is 23.3 Å². The van der Waals surface area contributed by atoms with Crippen molar-refractivity contribution in [2.75, 3.05) is 33.5 Å². The summed E-state index contributed by atoms with van der Waals surface area (Å²) in [5.74, 6) is 0. The maximum absolute atomic E-state index is 6.75. The molecule has 0 aromatic carbocycles. The van der Waals surface area contributed by atoms with Gasteiger partial charge in [-0.3, -0.25) is 0 Å². The molecule has 1 saturated heterocycles. The third-order valence-electron chi connectivity index (χ3n) is 3.29. The van der Waals surface area contributed by atoms with Gasteiger partial charge in [-0.05, 0) is 13.3 Å². The molecule has 1 heterocycles. The molecule has 8 heteroatoms. The SMILES string of the molecule is [B][C@@H]1O[C@H](CC)[C@H](OP(C)OCC[N+]#[C-])C1OC(C)COC. The van der Waals surface area contributed by atoms with Crippen LogP contribution < -0.4 is 0 Å². The second-order valence-corrected chi connectivity index (χ2v) is 6.49. The monoisotopic (exact) mass is 329 g/mol. The van der Waals surface area contributed by atoms with Gasteiger partial charge < -0.3 is 28.1 Å². The van der Waals surface area contributed by atoms with E-state index in [0.29, 0.717) is 19.8 Å². The molecule has 22 heavy (non-hydrogen) atoms. The Morgan fingerprint density at radius 3 is 2.73 bits per heavy atom. The standard InChI is InChI=1S/C14H25BNO5P/c1-6-11-12(21-22(5)18-8-7-16-3)13(14(15)20-11)19-10(2)9-17-4/h10-14H,6-9H2,1-2,4-5H3/t10?,11-,12+,13?,14-,22?/m1/s1. The van der Waals surface area contributed by atoms with Gasteiger partial charge in [0.2, 0.25) is 6.54 Å². The van der Waals surface area contributed by atoms with E-state index in [9.17, 15) is 0 Å². The largest absolute Gasteiger partial charge is 0.382 e. The number of nitrogens with zero attached hydrogens (tertiary/aromatic N) is 1. The lowest BCUT2D eigenvalue weighted by atomic mass is 9.92. The minimum atomic E-state index is -1.10. The molecular weight excluding hydrogens is 304 g/mol. The number of ether oxygens (including phenoxy) is 3. The number of hydrogen-bond acceptors (Lipinski definition) is 5. The first-order valence-electron chi connectivity index (χ1n) is 7.45. The van der Waals surface area contributed by atoms with E-state index < -0.39 is 14.4 Å². The Kier molecular flexibility index (Phi) is 9.50. The fraction of sp³-hybridized carbons (Fsp3) is 0.929. The van der Waals surface area contributed by atoms with Crippen LogP contribution >= 0.6 is 8.38 Å². The molecule has 1 aliphatic rings. The maximum Gasteiger partial charge on any atom is 0.238 e. The quantitative estimate of drug-likeness (QED) is 0.265. The van der Waals surface area contributed by atoms with Crippen molar-refractivity contribution in [2.45, 2.75) is 50.7 Å². The van der Waals surface area contributed by atoms with Crippen molar-refractivity contribution >= 4 is 16.2 Å². The molecule has 0 saturated carbocycles. The van der Waals surface area contributed by atoms with Gasteiger partial charge in [-0.2, -0.15) is 0 Å². The Hall–Kier alpha value is -0.215. The molecule has 1 rings (SSSR count). The first-order chi connectivity index (χ1) is 10.5. The van der Waals surface area contributed by atoms with Gasteiger partial charge >= 0.3 is 0 Å². The van der Waals surface area contributed by atoms with Crippen LogP contribution in [0.3, 0.4) is 0 Å². The van der Waals surface area contributed by atoms with E-state index in [4.69, 9.17) is 37.7 Å². The third-order valence-corrected chi connectivity index (χ3v) is 4.37. The highest BCUT2D eigenvalue weighted by Crippen LogP contribution is 2.41. The van der Waals surface area contributed by atoms with Gasteiger partial charge in [-0.15, -0.1) is 0 Å². The molecule has 6 atom stereocenters. The van der Waals surface area contributed by atoms with Crippen LogP contribution in [0.25, 0.3) is 4.85 Å². The predicted molar refractivity (Wildman–Crippen MR) is 86.1 cm³/mol. The summed E-state index contributed by atoms with van der Waals surface area (Å²) in [6.45, 7) is 13.7. The zero-order valence-corrected chi connectivity index (χ0v) is 14.6. The van der Waals surface area contributed by atoms with E-state index in [1.807, 2.05) is 20.5 Å². The maximum atomic E-state index is 6.75. The van der Waals surface area contributed by atoms with Gasteiger partial charge in [-0.1, -0.05) is 6.92 Å². The third kappa shape index (κ3) is 6.12. The highest BCUT2D eigenvalue weighted by atomic mass is 31.2. The topological polar surface area (TPSA) is 50.5 Å². The van der Waals surface area contributed by atoms with Crippen LogP contribution in [-0.4, -0.2) is 71.8 Å². The summed E-state index contributed by atoms with van der Waals surface area (Å²) in [6, 6.07) is -0.527. The lowest BCUT2D eigenvalue weighted by Crippen LogP contribution is -2.39. The van der Waals surface area contributed by atoms with Crippen molar-refractivity contribution in [1.29, 1.82) is 0 Å². The predicted octanol–water partition coefficient (Wildman–Crippen LogP) is 1.97. The summed E-state index contributed by atoms with van der Waals surface area (Å²) in [4.78, 5) is 3.25. The Balaban J connectivity index is 2.61. The van der Waals surface area contributed by atoms with Crippen LogP contribution in [0.5, 0.6) is 0 Å². The molecule has 0 amide bonds. The van der Waals surface area contributed by atoms with Gasteiger partial charge in [0.05, 0.1) is 18.8 Å². The zero-order valence-electron chi connectivity index (χ0n) is 13.7. The fourth-order valence-corrected chi connectivity index (χ4v) is 3.32. The van der Waals surface area contributed by atoms with Gasteiger partial charge in [-0.25, -0.2) is 6.57 Å². The molecule has 0 aromatic rings. The van der Waals surface area contributed by atoms with Gasteiger partial charge in [0.25, 0.3) is 0 Å². The van der Waals surface area contributed by atoms with Crippen LogP contribution in [0, 0.1) is 6.57 Å². The molecule has 3 unspecified atom stereocenters. The Bertz CT molecular complexity index is 357. The highest BCUT2D eigenvalue weighted by Gasteiger charge is 2.44. The molecule has 1 fully saturated rings. The summed E-state index contributed by atoms with van der Waals surface area (Å²) in [6.07, 6.45) is -0.0724. The van der Waals surface area contributed by atoms with Crippen LogP contribution in [0.4, 0.5) is 0 Å². The Morgan fingerprint density at radius 1 is 1.41 bits per heavy atom. The van der Waals surface area contributed by atoms with Crippen molar-refractivity contribution in [3.8, 4) is 0 Å². The average Bonchev–Trinajstić information content (AvgIpc) is 2.76. The summed E-state index contributed by atoms with van der Waals surface area (Å²) in [5.41, 5.74) is 0. The van der Waals surface area contributed by atoms with Gasteiger partial charge in [0.15, 0.2) is 8.38 Å². The van der Waals surface area contributed by atoms with Crippen molar-refractivity contribution in [3.05, 3.63) is 11.4 Å². The molecule has 6 nitrogen and oxygen atoms in total. The van der Waals surface area contributed by atoms with Crippen LogP contribution in [0.1, 0.15) is 20.3 Å². The second kappa shape index (κ2) is 10.5. The Labute approximate surface area is 135 Å². The molecule has 0 N–H and O–H groups in total. The molecule has 1 aliphatic heterocycles. The fourth-order valence-electron chi connectivity index (χ4n) is 2.33. The summed E-state index contributed by atoms with van der Waals surface area (Å²) < 4.78 is 28.3. The van der Waals surface area contributed by atoms with E-state index in [0.717, 1.165) is 6.42 Å². The molecule has 124 valence electrons. The molecule has 0 bridgehead atoms. The first-order valence-corrected chi connectivity index (χ1v) is 9.08. The molecule has 0 aromatic heterocycles. The average molecular weight is 329 g/mol. The van der Waals surface area contributed by atoms with E-state index >= 15 is 0 Å². The van der Waals surface area contributed by atoms with E-state index in [1.54, 1.807) is 7.11 Å². The Morgan fingerprint density at radius 2 is 2.14 bits per heavy atom. The van der Waals surface area contributed by atoms with Crippen molar-refractivity contribution in [3.63, 3.8) is 0 Å². The van der Waals surface area contributed by atoms with E-state index in [2.05, 4.69) is 4.85 Å². The number of rotatable bonds is 10. The van der Waals surface area contributed by atoms with Crippen molar-refractivity contribution in [1.82, 2.24) is 0 Å². The molecular formula is C14H25BNO5P. The van der Waals surface area contributed by atoms with Gasteiger partial charge in [0, 0.05) is 19.8 Å². The number of methoxy groups -OCH3 is 1. The minimum Gasteiger partial charge on any atom is -0.382 e. The molecule has 0 spiro atoms. The highest BCUT2D eigenvalue weighted by molar-refractivity contribution is 7.46. The van der Waals surface area contributed by atoms with Gasteiger partial charge in [0.1, 0.15) is 26.7 Å².